The highest BCUT2D eigenvalue weighted by Crippen LogP contribution is 2.21. The average molecular weight is 257 g/mol. The molecule has 2 aromatic rings. The lowest BCUT2D eigenvalue weighted by Crippen LogP contribution is -2.12. The Morgan fingerprint density at radius 1 is 1.21 bits per heavy atom. The Kier molecular flexibility index (Phi) is 4.47. The first kappa shape index (κ1) is 13.5. The topological polar surface area (TPSA) is 61.0 Å². The van der Waals surface area contributed by atoms with Crippen LogP contribution in [-0.4, -0.2) is 16.6 Å². The lowest BCUT2D eigenvalue weighted by Gasteiger charge is -2.13. The van der Waals surface area contributed by atoms with Gasteiger partial charge in [0.05, 0.1) is 18.8 Å². The molecular weight excluding hydrogens is 238 g/mol. The van der Waals surface area contributed by atoms with Crippen molar-refractivity contribution >= 4 is 0 Å². The molecule has 0 bridgehead atoms. The number of hydrogen-bond acceptors (Lipinski definition) is 4. The Bertz CT molecular complexity index is 525. The number of pyridine rings is 2. The quantitative estimate of drug-likeness (QED) is 0.894. The van der Waals surface area contributed by atoms with Gasteiger partial charge in [-0.25, -0.2) is 0 Å². The maximum Gasteiger partial charge on any atom is 0.137 e. The zero-order valence-corrected chi connectivity index (χ0v) is 11.3. The largest absolute Gasteiger partial charge is 0.492 e. The summed E-state index contributed by atoms with van der Waals surface area (Å²) >= 11 is 0. The van der Waals surface area contributed by atoms with Crippen LogP contribution >= 0.6 is 0 Å². The molecule has 1 unspecified atom stereocenters. The Morgan fingerprint density at radius 2 is 2.05 bits per heavy atom. The first-order valence-electron chi connectivity index (χ1n) is 6.46. The minimum absolute atomic E-state index is 0.231. The second-order valence-corrected chi connectivity index (χ2v) is 4.51. The molecule has 0 aliphatic rings. The van der Waals surface area contributed by atoms with Crippen molar-refractivity contribution in [1.29, 1.82) is 0 Å². The Hall–Kier alpha value is -1.94. The summed E-state index contributed by atoms with van der Waals surface area (Å²) in [5.41, 5.74) is 9.11. The Balaban J connectivity index is 2.18. The monoisotopic (exact) mass is 257 g/mol. The van der Waals surface area contributed by atoms with E-state index in [9.17, 15) is 0 Å². The van der Waals surface area contributed by atoms with E-state index in [2.05, 4.69) is 16.9 Å². The summed E-state index contributed by atoms with van der Waals surface area (Å²) in [6.07, 6.45) is 6.25. The molecule has 0 amide bonds. The first-order valence-corrected chi connectivity index (χ1v) is 6.46. The van der Waals surface area contributed by atoms with Gasteiger partial charge in [-0.15, -0.1) is 0 Å². The maximum atomic E-state index is 6.23. The van der Waals surface area contributed by atoms with E-state index in [1.165, 1.54) is 0 Å². The van der Waals surface area contributed by atoms with Crippen molar-refractivity contribution in [2.75, 3.05) is 6.61 Å². The van der Waals surface area contributed by atoms with Crippen molar-refractivity contribution in [2.45, 2.75) is 26.3 Å². The van der Waals surface area contributed by atoms with E-state index < -0.39 is 0 Å². The van der Waals surface area contributed by atoms with Gasteiger partial charge in [-0.3, -0.25) is 9.97 Å². The van der Waals surface area contributed by atoms with Crippen LogP contribution in [-0.2, 0) is 0 Å². The van der Waals surface area contributed by atoms with Gasteiger partial charge < -0.3 is 10.5 Å². The predicted molar refractivity (Wildman–Crippen MR) is 75.0 cm³/mol. The van der Waals surface area contributed by atoms with E-state index >= 15 is 0 Å². The minimum atomic E-state index is -0.231. The summed E-state index contributed by atoms with van der Waals surface area (Å²) in [4.78, 5) is 8.44. The first-order chi connectivity index (χ1) is 9.20. The summed E-state index contributed by atoms with van der Waals surface area (Å²) in [7, 11) is 0. The molecule has 4 nitrogen and oxygen atoms in total. The number of aromatic nitrogens is 2. The fraction of sp³-hybridized carbons (Fsp3) is 0.333. The molecule has 0 fully saturated rings. The van der Waals surface area contributed by atoms with Gasteiger partial charge in [-0.1, -0.05) is 13.0 Å². The van der Waals surface area contributed by atoms with Gasteiger partial charge >= 0.3 is 0 Å². The van der Waals surface area contributed by atoms with Crippen LogP contribution in [0.5, 0.6) is 5.75 Å². The third-order valence-corrected chi connectivity index (χ3v) is 2.86. The van der Waals surface area contributed by atoms with Gasteiger partial charge in [0, 0.05) is 18.1 Å². The number of nitrogens with two attached hydrogens (primary N) is 1. The van der Waals surface area contributed by atoms with Crippen LogP contribution in [0.2, 0.25) is 0 Å². The van der Waals surface area contributed by atoms with Crippen LogP contribution in [0.3, 0.4) is 0 Å². The second kappa shape index (κ2) is 6.29. The maximum absolute atomic E-state index is 6.23. The van der Waals surface area contributed by atoms with Gasteiger partial charge in [-0.2, -0.15) is 0 Å². The third-order valence-electron chi connectivity index (χ3n) is 2.86. The SMILES string of the molecule is CCCOc1cncc(C(N)c2ccc(C)nc2)c1. The molecular formula is C15H19N3O. The van der Waals surface area contributed by atoms with Crippen molar-refractivity contribution in [3.05, 3.63) is 53.6 Å². The standard InChI is InChI=1S/C15H19N3O/c1-3-6-19-14-7-13(8-17-10-14)15(16)12-5-4-11(2)18-9-12/h4-5,7-10,15H,3,6,16H2,1-2H3. The van der Waals surface area contributed by atoms with Crippen LogP contribution in [0.1, 0.15) is 36.2 Å². The lowest BCUT2D eigenvalue weighted by molar-refractivity contribution is 0.315. The summed E-state index contributed by atoms with van der Waals surface area (Å²) < 4.78 is 5.57. The van der Waals surface area contributed by atoms with E-state index in [0.29, 0.717) is 6.61 Å². The smallest absolute Gasteiger partial charge is 0.137 e. The minimum Gasteiger partial charge on any atom is -0.492 e. The molecule has 1 atom stereocenters. The second-order valence-electron chi connectivity index (χ2n) is 4.51. The molecule has 0 radical (unpaired) electrons. The molecule has 2 heterocycles. The molecule has 19 heavy (non-hydrogen) atoms. The fourth-order valence-electron chi connectivity index (χ4n) is 1.76. The number of aryl methyl sites for hydroxylation is 1. The van der Waals surface area contributed by atoms with Crippen molar-refractivity contribution in [3.63, 3.8) is 0 Å². The molecule has 2 aromatic heterocycles. The van der Waals surface area contributed by atoms with Crippen LogP contribution in [0, 0.1) is 6.92 Å². The van der Waals surface area contributed by atoms with Crippen LogP contribution in [0.15, 0.2) is 36.8 Å². The van der Waals surface area contributed by atoms with Crippen LogP contribution in [0.25, 0.3) is 0 Å². The van der Waals surface area contributed by atoms with Gasteiger partial charge in [0.1, 0.15) is 5.75 Å². The van der Waals surface area contributed by atoms with Crippen molar-refractivity contribution < 1.29 is 4.74 Å². The molecule has 0 saturated heterocycles. The van der Waals surface area contributed by atoms with Crippen LogP contribution < -0.4 is 10.5 Å². The van der Waals surface area contributed by atoms with Crippen molar-refractivity contribution in [2.24, 2.45) is 5.73 Å². The Labute approximate surface area is 113 Å². The zero-order chi connectivity index (χ0) is 13.7. The molecule has 0 spiro atoms. The number of ether oxygens (including phenoxy) is 1. The normalized spacial score (nSPS) is 12.2. The number of hydrogen-bond donors (Lipinski definition) is 1. The summed E-state index contributed by atoms with van der Waals surface area (Å²) in [6.45, 7) is 4.71. The summed E-state index contributed by atoms with van der Waals surface area (Å²) in [5, 5.41) is 0. The molecule has 2 N–H and O–H groups in total. The molecule has 0 aliphatic carbocycles. The van der Waals surface area contributed by atoms with E-state index in [0.717, 1.165) is 29.0 Å². The van der Waals surface area contributed by atoms with Crippen molar-refractivity contribution in [1.82, 2.24) is 9.97 Å². The van der Waals surface area contributed by atoms with E-state index in [1.807, 2.05) is 25.1 Å². The van der Waals surface area contributed by atoms with Gasteiger partial charge in [0.15, 0.2) is 0 Å². The molecule has 0 aliphatic heterocycles. The van der Waals surface area contributed by atoms with E-state index in [-0.39, 0.29) is 6.04 Å². The lowest BCUT2D eigenvalue weighted by atomic mass is 10.0. The highest BCUT2D eigenvalue weighted by molar-refractivity contribution is 5.32. The molecule has 100 valence electrons. The van der Waals surface area contributed by atoms with E-state index in [1.54, 1.807) is 18.6 Å². The van der Waals surface area contributed by atoms with E-state index in [4.69, 9.17) is 10.5 Å². The predicted octanol–water partition coefficient (Wildman–Crippen LogP) is 2.62. The number of rotatable bonds is 5. The van der Waals surface area contributed by atoms with Crippen LogP contribution in [0.4, 0.5) is 0 Å². The average Bonchev–Trinajstić information content (AvgIpc) is 2.45. The van der Waals surface area contributed by atoms with Gasteiger partial charge in [0.2, 0.25) is 0 Å². The fourth-order valence-corrected chi connectivity index (χ4v) is 1.76. The molecule has 0 saturated carbocycles. The number of nitrogens with zero attached hydrogens (tertiary/aromatic N) is 2. The highest BCUT2D eigenvalue weighted by Gasteiger charge is 2.10. The molecule has 4 heteroatoms. The van der Waals surface area contributed by atoms with Crippen molar-refractivity contribution in [3.8, 4) is 5.75 Å². The molecule has 2 rings (SSSR count). The molecule has 0 aromatic carbocycles. The van der Waals surface area contributed by atoms with Gasteiger partial charge in [0.25, 0.3) is 0 Å². The highest BCUT2D eigenvalue weighted by atomic mass is 16.5. The zero-order valence-electron chi connectivity index (χ0n) is 11.3. The summed E-state index contributed by atoms with van der Waals surface area (Å²) in [6, 6.07) is 5.66. The summed E-state index contributed by atoms with van der Waals surface area (Å²) in [5.74, 6) is 0.759. The van der Waals surface area contributed by atoms with Gasteiger partial charge in [-0.05, 0) is 36.6 Å². The third kappa shape index (κ3) is 3.51. The Morgan fingerprint density at radius 3 is 2.74 bits per heavy atom.